The fraction of sp³-hybridized carbons (Fsp3) is 0. The maximum atomic E-state index is 6.39. The largest absolute Gasteiger partial charge is 0.461 e. The summed E-state index contributed by atoms with van der Waals surface area (Å²) in [6.07, 6.45) is 1.60. The minimum Gasteiger partial charge on any atom is -0.461 e. The van der Waals surface area contributed by atoms with Gasteiger partial charge in [-0.1, -0.05) is 41.9 Å². The van der Waals surface area contributed by atoms with Gasteiger partial charge in [0.05, 0.1) is 11.6 Å². The minimum atomic E-state index is 0.450. The summed E-state index contributed by atoms with van der Waals surface area (Å²) in [5.74, 6) is 1.13. The molecule has 4 rings (SSSR count). The Morgan fingerprint density at radius 2 is 1.86 bits per heavy atom. The topological polar surface area (TPSA) is 38.9 Å². The van der Waals surface area contributed by atoms with Crippen LogP contribution in [0.3, 0.4) is 0 Å². The molecule has 0 bridgehead atoms. The molecule has 0 unspecified atom stereocenters. The smallest absolute Gasteiger partial charge is 0.198 e. The predicted molar refractivity (Wildman–Crippen MR) is 85.6 cm³/mol. The van der Waals surface area contributed by atoms with Crippen molar-refractivity contribution in [2.75, 3.05) is 0 Å². The second kappa shape index (κ2) is 4.98. The van der Waals surface area contributed by atoms with Gasteiger partial charge in [0.25, 0.3) is 0 Å². The molecule has 0 N–H and O–H groups in total. The molecule has 0 atom stereocenters. The molecule has 0 amide bonds. The lowest BCUT2D eigenvalue weighted by Crippen LogP contribution is -1.89. The number of rotatable bonds is 2. The first-order chi connectivity index (χ1) is 10.3. The number of aromatic nitrogens is 2. The van der Waals surface area contributed by atoms with Crippen LogP contribution in [0.25, 0.3) is 32.9 Å². The molecular weight excluding hydrogens is 304 g/mol. The highest BCUT2D eigenvalue weighted by Gasteiger charge is 2.15. The van der Waals surface area contributed by atoms with Crippen molar-refractivity contribution in [3.8, 4) is 22.7 Å². The minimum absolute atomic E-state index is 0.450. The van der Waals surface area contributed by atoms with Crippen LogP contribution in [0, 0.1) is 0 Å². The summed E-state index contributed by atoms with van der Waals surface area (Å²) in [6.45, 7) is 0. The van der Waals surface area contributed by atoms with E-state index in [-0.39, 0.29) is 0 Å². The average Bonchev–Trinajstić information content (AvgIpc) is 3.17. The zero-order valence-electron chi connectivity index (χ0n) is 10.8. The number of hydrogen-bond donors (Lipinski definition) is 0. The van der Waals surface area contributed by atoms with Crippen LogP contribution in [0.2, 0.25) is 5.15 Å². The Morgan fingerprint density at radius 1 is 1.00 bits per heavy atom. The lowest BCUT2D eigenvalue weighted by Gasteiger charge is -2.02. The SMILES string of the molecule is Clc1nc(-c2ccco2)nc2scc(-c3ccccc3)c12. The van der Waals surface area contributed by atoms with Gasteiger partial charge in [-0.25, -0.2) is 9.97 Å². The van der Waals surface area contributed by atoms with E-state index in [2.05, 4.69) is 27.5 Å². The Hall–Kier alpha value is -2.17. The molecule has 3 aromatic heterocycles. The van der Waals surface area contributed by atoms with Gasteiger partial charge in [0.1, 0.15) is 9.98 Å². The standard InChI is InChI=1S/C16H9ClN2OS/c17-14-13-11(10-5-2-1-3-6-10)9-21-16(13)19-15(18-14)12-7-4-8-20-12/h1-9H. The molecule has 102 valence electrons. The second-order valence-corrected chi connectivity index (χ2v) is 5.73. The lowest BCUT2D eigenvalue weighted by atomic mass is 10.1. The van der Waals surface area contributed by atoms with Gasteiger partial charge in [-0.2, -0.15) is 0 Å². The Morgan fingerprint density at radius 3 is 2.62 bits per heavy atom. The van der Waals surface area contributed by atoms with Gasteiger partial charge in [-0.05, 0) is 17.7 Å². The van der Waals surface area contributed by atoms with Gasteiger partial charge in [-0.3, -0.25) is 0 Å². The fourth-order valence-electron chi connectivity index (χ4n) is 2.25. The molecule has 0 aliphatic heterocycles. The Balaban J connectivity index is 1.94. The summed E-state index contributed by atoms with van der Waals surface area (Å²) >= 11 is 7.95. The highest BCUT2D eigenvalue weighted by molar-refractivity contribution is 7.17. The van der Waals surface area contributed by atoms with Crippen LogP contribution in [0.4, 0.5) is 0 Å². The molecule has 0 aliphatic rings. The van der Waals surface area contributed by atoms with Gasteiger partial charge in [-0.15, -0.1) is 11.3 Å². The van der Waals surface area contributed by atoms with Crippen LogP contribution < -0.4 is 0 Å². The molecule has 0 saturated carbocycles. The third kappa shape index (κ3) is 2.13. The summed E-state index contributed by atoms with van der Waals surface area (Å²) in [5.41, 5.74) is 2.17. The molecule has 21 heavy (non-hydrogen) atoms. The van der Waals surface area contributed by atoms with Crippen LogP contribution in [0.5, 0.6) is 0 Å². The van der Waals surface area contributed by atoms with Gasteiger partial charge in [0, 0.05) is 10.9 Å². The van der Waals surface area contributed by atoms with Crippen molar-refractivity contribution in [1.29, 1.82) is 0 Å². The number of furan rings is 1. The van der Waals surface area contributed by atoms with Crippen molar-refractivity contribution < 1.29 is 4.42 Å². The van der Waals surface area contributed by atoms with Gasteiger partial charge < -0.3 is 4.42 Å². The number of fused-ring (bicyclic) bond motifs is 1. The van der Waals surface area contributed by atoms with Crippen molar-refractivity contribution in [3.05, 3.63) is 59.3 Å². The molecule has 3 nitrogen and oxygen atoms in total. The van der Waals surface area contributed by atoms with Crippen molar-refractivity contribution in [1.82, 2.24) is 9.97 Å². The van der Waals surface area contributed by atoms with Crippen LogP contribution in [0.15, 0.2) is 58.5 Å². The van der Waals surface area contributed by atoms with E-state index < -0.39 is 0 Å². The quantitative estimate of drug-likeness (QED) is 0.473. The van der Waals surface area contributed by atoms with E-state index in [4.69, 9.17) is 16.0 Å². The van der Waals surface area contributed by atoms with E-state index in [1.54, 1.807) is 23.7 Å². The summed E-state index contributed by atoms with van der Waals surface area (Å²) in [4.78, 5) is 9.78. The van der Waals surface area contributed by atoms with Crippen molar-refractivity contribution in [3.63, 3.8) is 0 Å². The van der Waals surface area contributed by atoms with Crippen molar-refractivity contribution >= 4 is 33.2 Å². The van der Waals surface area contributed by atoms with Crippen LogP contribution >= 0.6 is 22.9 Å². The zero-order valence-corrected chi connectivity index (χ0v) is 12.4. The molecule has 0 aliphatic carbocycles. The van der Waals surface area contributed by atoms with E-state index in [9.17, 15) is 0 Å². The molecule has 3 heterocycles. The molecule has 5 heteroatoms. The third-order valence-electron chi connectivity index (χ3n) is 3.22. The summed E-state index contributed by atoms with van der Waals surface area (Å²) in [7, 11) is 0. The molecule has 4 aromatic rings. The number of nitrogens with zero attached hydrogens (tertiary/aromatic N) is 2. The second-order valence-electron chi connectivity index (χ2n) is 4.51. The number of hydrogen-bond acceptors (Lipinski definition) is 4. The summed E-state index contributed by atoms with van der Waals surface area (Å²) < 4.78 is 5.34. The van der Waals surface area contributed by atoms with Crippen LogP contribution in [-0.2, 0) is 0 Å². The maximum Gasteiger partial charge on any atom is 0.198 e. The van der Waals surface area contributed by atoms with E-state index in [1.165, 1.54) is 0 Å². The Kier molecular flexibility index (Phi) is 2.98. The predicted octanol–water partition coefficient (Wildman–Crippen LogP) is 5.27. The normalized spacial score (nSPS) is 11.1. The Labute approximate surface area is 129 Å². The molecule has 0 saturated heterocycles. The van der Waals surface area contributed by atoms with Crippen molar-refractivity contribution in [2.24, 2.45) is 0 Å². The van der Waals surface area contributed by atoms with E-state index in [1.807, 2.05) is 24.3 Å². The molecule has 1 aromatic carbocycles. The van der Waals surface area contributed by atoms with E-state index in [0.717, 1.165) is 21.3 Å². The average molecular weight is 313 g/mol. The molecule has 0 fully saturated rings. The van der Waals surface area contributed by atoms with E-state index >= 15 is 0 Å². The van der Waals surface area contributed by atoms with Gasteiger partial charge in [0.15, 0.2) is 11.6 Å². The summed E-state index contributed by atoms with van der Waals surface area (Å²) in [5, 5.41) is 3.40. The first-order valence-electron chi connectivity index (χ1n) is 6.37. The van der Waals surface area contributed by atoms with Crippen LogP contribution in [0.1, 0.15) is 0 Å². The third-order valence-corrected chi connectivity index (χ3v) is 4.36. The first-order valence-corrected chi connectivity index (χ1v) is 7.63. The van der Waals surface area contributed by atoms with Gasteiger partial charge in [0.2, 0.25) is 0 Å². The summed E-state index contributed by atoms with van der Waals surface area (Å²) in [6, 6.07) is 13.7. The number of benzene rings is 1. The van der Waals surface area contributed by atoms with Crippen molar-refractivity contribution in [2.45, 2.75) is 0 Å². The highest BCUT2D eigenvalue weighted by Crippen LogP contribution is 2.37. The number of thiophene rings is 1. The lowest BCUT2D eigenvalue weighted by molar-refractivity contribution is 0.577. The first kappa shape index (κ1) is 12.6. The molecular formula is C16H9ClN2OS. The molecule has 0 spiro atoms. The van der Waals surface area contributed by atoms with Gasteiger partial charge >= 0.3 is 0 Å². The van der Waals surface area contributed by atoms with Crippen LogP contribution in [-0.4, -0.2) is 9.97 Å². The zero-order chi connectivity index (χ0) is 14.2. The maximum absolute atomic E-state index is 6.39. The fourth-order valence-corrected chi connectivity index (χ4v) is 3.52. The van der Waals surface area contributed by atoms with E-state index in [0.29, 0.717) is 16.7 Å². The monoisotopic (exact) mass is 312 g/mol. The number of halogens is 1. The highest BCUT2D eigenvalue weighted by atomic mass is 35.5. The molecule has 0 radical (unpaired) electrons. The Bertz CT molecular complexity index is 901.